The summed E-state index contributed by atoms with van der Waals surface area (Å²) in [5.74, 6) is -0.704. The molecule has 29 heavy (non-hydrogen) atoms. The third kappa shape index (κ3) is 4.85. The van der Waals surface area contributed by atoms with Gasteiger partial charge in [0, 0.05) is 28.5 Å². The van der Waals surface area contributed by atoms with Gasteiger partial charge in [0.15, 0.2) is 0 Å². The highest BCUT2D eigenvalue weighted by molar-refractivity contribution is 7.16. The molecule has 0 aliphatic carbocycles. The number of hydrogen-bond donors (Lipinski definition) is 1. The average molecular weight is 404 g/mol. The minimum absolute atomic E-state index is 0.0341. The minimum Gasteiger partial charge on any atom is -0.372 e. The van der Waals surface area contributed by atoms with Crippen molar-refractivity contribution in [2.45, 2.75) is 26.7 Å². The average Bonchev–Trinajstić information content (AvgIpc) is 3.19. The Morgan fingerprint density at radius 2 is 1.76 bits per heavy atom. The van der Waals surface area contributed by atoms with Crippen molar-refractivity contribution in [1.82, 2.24) is 0 Å². The number of carbonyl (C=O) groups is 1. The molecule has 2 aromatic carbocycles. The lowest BCUT2D eigenvalue weighted by molar-refractivity contribution is -0.114. The zero-order valence-electron chi connectivity index (χ0n) is 16.8. The zero-order chi connectivity index (χ0) is 20.8. The fraction of sp³-hybridized carbons (Fsp3) is 0.250. The van der Waals surface area contributed by atoms with Crippen LogP contribution in [0.5, 0.6) is 0 Å². The van der Waals surface area contributed by atoms with Crippen LogP contribution in [0.2, 0.25) is 0 Å². The van der Waals surface area contributed by atoms with Crippen molar-refractivity contribution in [3.05, 3.63) is 59.0 Å². The maximum absolute atomic E-state index is 11.2. The summed E-state index contributed by atoms with van der Waals surface area (Å²) in [5.41, 5.74) is 7.57. The number of nitriles is 1. The fourth-order valence-corrected chi connectivity index (χ4v) is 4.33. The molecule has 148 valence electrons. The summed E-state index contributed by atoms with van der Waals surface area (Å²) < 4.78 is 0. The van der Waals surface area contributed by atoms with Crippen LogP contribution in [0, 0.1) is 11.3 Å². The van der Waals surface area contributed by atoms with Gasteiger partial charge < -0.3 is 10.6 Å². The van der Waals surface area contributed by atoms with Gasteiger partial charge in [0.1, 0.15) is 11.6 Å². The molecule has 0 atom stereocenters. The first-order valence-corrected chi connectivity index (χ1v) is 10.7. The first kappa shape index (κ1) is 20.6. The van der Waals surface area contributed by atoms with Gasteiger partial charge in [-0.3, -0.25) is 4.79 Å². The number of primary amides is 1. The van der Waals surface area contributed by atoms with E-state index in [4.69, 9.17) is 11.0 Å². The topological polar surface area (TPSA) is 70.1 Å². The maximum Gasteiger partial charge on any atom is 0.259 e. The lowest BCUT2D eigenvalue weighted by Crippen LogP contribution is -2.24. The van der Waals surface area contributed by atoms with Gasteiger partial charge in [-0.2, -0.15) is 5.26 Å². The van der Waals surface area contributed by atoms with Gasteiger partial charge in [-0.25, -0.2) is 0 Å². The Bertz CT molecular complexity index is 1080. The summed E-state index contributed by atoms with van der Waals surface area (Å²) in [4.78, 5) is 15.6. The first-order valence-electron chi connectivity index (χ1n) is 9.86. The largest absolute Gasteiger partial charge is 0.372 e. The summed E-state index contributed by atoms with van der Waals surface area (Å²) in [7, 11) is 0. The van der Waals surface area contributed by atoms with Crippen LogP contribution in [0.3, 0.4) is 0 Å². The smallest absolute Gasteiger partial charge is 0.259 e. The van der Waals surface area contributed by atoms with E-state index in [1.807, 2.05) is 18.2 Å². The molecule has 0 aliphatic rings. The van der Waals surface area contributed by atoms with Crippen molar-refractivity contribution in [2.24, 2.45) is 5.73 Å². The van der Waals surface area contributed by atoms with Gasteiger partial charge in [0.2, 0.25) is 0 Å². The van der Waals surface area contributed by atoms with Crippen LogP contribution >= 0.6 is 11.3 Å². The summed E-state index contributed by atoms with van der Waals surface area (Å²) in [5, 5.41) is 11.4. The minimum atomic E-state index is -0.704. The molecular weight excluding hydrogens is 378 g/mol. The Labute approximate surface area is 175 Å². The van der Waals surface area contributed by atoms with Crippen LogP contribution in [0.15, 0.2) is 54.1 Å². The van der Waals surface area contributed by atoms with Gasteiger partial charge in [0.05, 0.1) is 0 Å². The second kappa shape index (κ2) is 9.40. The van der Waals surface area contributed by atoms with Crippen LogP contribution in [0.4, 0.5) is 5.69 Å². The lowest BCUT2D eigenvalue weighted by atomic mass is 10.0. The molecule has 3 rings (SSSR count). The maximum atomic E-state index is 11.2. The Balaban J connectivity index is 1.90. The molecule has 0 fully saturated rings. The van der Waals surface area contributed by atoms with Crippen LogP contribution in [-0.2, 0) is 4.79 Å². The quantitative estimate of drug-likeness (QED) is 0.394. The zero-order valence-corrected chi connectivity index (χ0v) is 17.6. The van der Waals surface area contributed by atoms with E-state index in [2.05, 4.69) is 55.1 Å². The van der Waals surface area contributed by atoms with E-state index in [0.717, 1.165) is 41.2 Å². The van der Waals surface area contributed by atoms with Crippen molar-refractivity contribution in [3.63, 3.8) is 0 Å². The highest BCUT2D eigenvalue weighted by Gasteiger charge is 2.09. The van der Waals surface area contributed by atoms with Gasteiger partial charge in [0.25, 0.3) is 5.91 Å². The summed E-state index contributed by atoms with van der Waals surface area (Å²) >= 11 is 1.53. The monoisotopic (exact) mass is 403 g/mol. The molecule has 0 saturated carbocycles. The second-order valence-electron chi connectivity index (χ2n) is 6.97. The molecule has 4 nitrogen and oxygen atoms in total. The second-order valence-corrected chi connectivity index (χ2v) is 8.08. The summed E-state index contributed by atoms with van der Waals surface area (Å²) in [6, 6.07) is 18.9. The number of benzene rings is 2. The number of rotatable bonds is 8. The molecule has 1 aromatic heterocycles. The summed E-state index contributed by atoms with van der Waals surface area (Å²) in [6.07, 6.45) is 3.81. The van der Waals surface area contributed by atoms with Crippen LogP contribution in [-0.4, -0.2) is 19.0 Å². The summed E-state index contributed by atoms with van der Waals surface area (Å²) in [6.45, 7) is 6.56. The molecule has 0 spiro atoms. The standard InChI is InChI=1S/C24H25N3OS/c1-3-11-27(12-4-2)21-8-7-17-13-19(6-5-18(17)14-21)23-10-9-22(29-23)15-20(16-25)24(26)28/h5-10,13-15H,3-4,11-12H2,1-2H3,(H2,26,28)/b20-15+. The number of nitrogens with two attached hydrogens (primary N) is 1. The fourth-order valence-electron chi connectivity index (χ4n) is 3.38. The first-order chi connectivity index (χ1) is 14.0. The third-order valence-electron chi connectivity index (χ3n) is 4.76. The number of thiophene rings is 1. The predicted octanol–water partition coefficient (Wildman–Crippen LogP) is 5.59. The lowest BCUT2D eigenvalue weighted by Gasteiger charge is -2.24. The highest BCUT2D eigenvalue weighted by atomic mass is 32.1. The van der Waals surface area contributed by atoms with Crippen molar-refractivity contribution in [1.29, 1.82) is 5.26 Å². The Morgan fingerprint density at radius 1 is 1.07 bits per heavy atom. The van der Waals surface area contributed by atoms with Gasteiger partial charge in [-0.15, -0.1) is 11.3 Å². The number of anilines is 1. The van der Waals surface area contributed by atoms with Crippen molar-refractivity contribution in [3.8, 4) is 16.5 Å². The van der Waals surface area contributed by atoms with Crippen molar-refractivity contribution >= 4 is 39.8 Å². The van der Waals surface area contributed by atoms with Gasteiger partial charge >= 0.3 is 0 Å². The van der Waals surface area contributed by atoms with E-state index in [1.165, 1.54) is 27.8 Å². The van der Waals surface area contributed by atoms with Crippen molar-refractivity contribution < 1.29 is 4.79 Å². The molecule has 0 aliphatic heterocycles. The SMILES string of the molecule is CCCN(CCC)c1ccc2cc(-c3ccc(/C=C(\C#N)C(N)=O)s3)ccc2c1. The predicted molar refractivity (Wildman–Crippen MR) is 123 cm³/mol. The number of fused-ring (bicyclic) bond motifs is 1. The van der Waals surface area contributed by atoms with E-state index in [-0.39, 0.29) is 5.57 Å². The molecule has 0 bridgehead atoms. The molecule has 3 aromatic rings. The molecular formula is C24H25N3OS. The molecule has 5 heteroatoms. The van der Waals surface area contributed by atoms with E-state index in [0.29, 0.717) is 0 Å². The van der Waals surface area contributed by atoms with Crippen LogP contribution < -0.4 is 10.6 Å². The number of hydrogen-bond acceptors (Lipinski definition) is 4. The number of nitrogens with zero attached hydrogens (tertiary/aromatic N) is 2. The van der Waals surface area contributed by atoms with Crippen molar-refractivity contribution in [2.75, 3.05) is 18.0 Å². The van der Waals surface area contributed by atoms with E-state index < -0.39 is 5.91 Å². The molecule has 1 heterocycles. The molecule has 1 amide bonds. The number of carbonyl (C=O) groups excluding carboxylic acids is 1. The molecule has 0 unspecified atom stereocenters. The van der Waals surface area contributed by atoms with Gasteiger partial charge in [-0.1, -0.05) is 32.0 Å². The van der Waals surface area contributed by atoms with E-state index in [9.17, 15) is 4.79 Å². The van der Waals surface area contributed by atoms with E-state index >= 15 is 0 Å². The Morgan fingerprint density at radius 3 is 2.41 bits per heavy atom. The van der Waals surface area contributed by atoms with Crippen LogP contribution in [0.1, 0.15) is 31.6 Å². The third-order valence-corrected chi connectivity index (χ3v) is 5.84. The number of amides is 1. The Kier molecular flexibility index (Phi) is 6.69. The molecule has 0 saturated heterocycles. The van der Waals surface area contributed by atoms with Crippen LogP contribution in [0.25, 0.3) is 27.3 Å². The molecule has 0 radical (unpaired) electrons. The van der Waals surface area contributed by atoms with E-state index in [1.54, 1.807) is 6.08 Å². The highest BCUT2D eigenvalue weighted by Crippen LogP contribution is 2.32. The molecule has 2 N–H and O–H groups in total. The Hall–Kier alpha value is -3.10. The van der Waals surface area contributed by atoms with Gasteiger partial charge in [-0.05, 0) is 65.6 Å². The normalized spacial score (nSPS) is 11.4.